The molecule has 182 valence electrons. The second kappa shape index (κ2) is 7.57. The lowest BCUT2D eigenvalue weighted by molar-refractivity contribution is -0.152. The number of phenols is 1. The van der Waals surface area contributed by atoms with Crippen LogP contribution in [0.1, 0.15) is 79.4 Å². The van der Waals surface area contributed by atoms with E-state index in [4.69, 9.17) is 5.10 Å². The number of aromatic hydroxyl groups is 1. The number of hydrogen-bond donors (Lipinski definition) is 2. The minimum atomic E-state index is -0.808. The highest BCUT2D eigenvalue weighted by atomic mass is 16.3. The topological polar surface area (TPSA) is 61.5 Å². The number of aliphatic hydroxyl groups is 1. The first kappa shape index (κ1) is 21.4. The van der Waals surface area contributed by atoms with E-state index in [2.05, 4.69) is 22.6 Å². The number of rotatable bonds is 4. The van der Waals surface area contributed by atoms with E-state index in [9.17, 15) is 10.2 Å². The highest BCUT2D eigenvalue weighted by molar-refractivity contribution is 5.52. The van der Waals surface area contributed by atoms with Gasteiger partial charge in [-0.25, -0.2) is 0 Å². The third-order valence-electron chi connectivity index (χ3n) is 10.3. The van der Waals surface area contributed by atoms with Gasteiger partial charge in [0, 0.05) is 43.1 Å². The van der Waals surface area contributed by atoms with E-state index < -0.39 is 5.60 Å². The SMILES string of the molecule is Cc1nn(CC2CCCCC2)c2c1C[C@]1(O)C3Cc4ccc(O)cc4[C@]1(CCN3CC1CC1)C2. The molecule has 7 rings (SSSR count). The second-order valence-electron chi connectivity index (χ2n) is 12.3. The van der Waals surface area contributed by atoms with Gasteiger partial charge in [0.2, 0.25) is 0 Å². The molecule has 0 radical (unpaired) electrons. The standard InChI is InChI=1S/C29H39N3O2/c1-19-24-15-29(34)27-13-22-9-10-23(33)14-25(22)28(29,11-12-31(27)17-21-7-8-21)16-26(24)32(30-19)18-20-5-3-2-4-6-20/h9-10,14,20-21,27,33-34H,2-8,11-13,15-18H2,1H3/t27?,28-,29-/m0/s1. The van der Waals surface area contributed by atoms with Gasteiger partial charge in [0.25, 0.3) is 0 Å². The number of phenolic OH excluding ortho intramolecular Hbond substituents is 1. The third-order valence-corrected chi connectivity index (χ3v) is 10.3. The van der Waals surface area contributed by atoms with Crippen LogP contribution in [-0.2, 0) is 31.2 Å². The summed E-state index contributed by atoms with van der Waals surface area (Å²) in [6.45, 7) is 5.35. The van der Waals surface area contributed by atoms with Crippen LogP contribution in [0.2, 0.25) is 0 Å². The Morgan fingerprint density at radius 2 is 1.82 bits per heavy atom. The Bertz CT molecular complexity index is 1110. The Labute approximate surface area is 203 Å². The normalized spacial score (nSPS) is 33.3. The molecule has 34 heavy (non-hydrogen) atoms. The van der Waals surface area contributed by atoms with Crippen molar-refractivity contribution in [3.63, 3.8) is 0 Å². The minimum absolute atomic E-state index is 0.146. The summed E-state index contributed by atoms with van der Waals surface area (Å²) in [7, 11) is 0. The predicted molar refractivity (Wildman–Crippen MR) is 132 cm³/mol. The largest absolute Gasteiger partial charge is 0.508 e. The summed E-state index contributed by atoms with van der Waals surface area (Å²) in [5, 5.41) is 28.3. The molecule has 2 saturated carbocycles. The molecule has 2 bridgehead atoms. The van der Waals surface area contributed by atoms with Crippen molar-refractivity contribution in [1.82, 2.24) is 14.7 Å². The van der Waals surface area contributed by atoms with Gasteiger partial charge in [-0.3, -0.25) is 9.58 Å². The van der Waals surface area contributed by atoms with Crippen LogP contribution in [0.5, 0.6) is 5.75 Å². The molecule has 3 atom stereocenters. The quantitative estimate of drug-likeness (QED) is 0.713. The fourth-order valence-corrected chi connectivity index (χ4v) is 8.28. The first-order valence-electron chi connectivity index (χ1n) is 13.8. The Hall–Kier alpha value is -1.85. The maximum Gasteiger partial charge on any atom is 0.115 e. The molecule has 1 aliphatic heterocycles. The lowest BCUT2D eigenvalue weighted by Crippen LogP contribution is -2.74. The van der Waals surface area contributed by atoms with Crippen LogP contribution < -0.4 is 0 Å². The van der Waals surface area contributed by atoms with Crippen molar-refractivity contribution >= 4 is 0 Å². The molecular weight excluding hydrogens is 422 g/mol. The molecule has 4 aliphatic carbocycles. The fourth-order valence-electron chi connectivity index (χ4n) is 8.28. The van der Waals surface area contributed by atoms with E-state index in [0.717, 1.165) is 56.4 Å². The van der Waals surface area contributed by atoms with E-state index in [1.54, 1.807) is 0 Å². The van der Waals surface area contributed by atoms with Crippen molar-refractivity contribution in [2.24, 2.45) is 11.8 Å². The maximum atomic E-state index is 12.7. The zero-order valence-electron chi connectivity index (χ0n) is 20.6. The van der Waals surface area contributed by atoms with Crippen molar-refractivity contribution in [2.45, 2.75) is 101 Å². The van der Waals surface area contributed by atoms with E-state index in [0.29, 0.717) is 12.2 Å². The van der Waals surface area contributed by atoms with Gasteiger partial charge in [-0.2, -0.15) is 5.10 Å². The van der Waals surface area contributed by atoms with Crippen LogP contribution in [-0.4, -0.2) is 49.6 Å². The average Bonchev–Trinajstić information content (AvgIpc) is 3.60. The van der Waals surface area contributed by atoms with Crippen molar-refractivity contribution in [3.05, 3.63) is 46.3 Å². The smallest absolute Gasteiger partial charge is 0.115 e. The van der Waals surface area contributed by atoms with Crippen molar-refractivity contribution in [3.8, 4) is 5.75 Å². The molecule has 5 heteroatoms. The molecular formula is C29H39N3O2. The maximum absolute atomic E-state index is 12.7. The number of aromatic nitrogens is 2. The Kier molecular flexibility index (Phi) is 4.77. The van der Waals surface area contributed by atoms with E-state index >= 15 is 0 Å². The molecule has 1 aromatic heterocycles. The van der Waals surface area contributed by atoms with Gasteiger partial charge in [-0.05, 0) is 92.7 Å². The van der Waals surface area contributed by atoms with Crippen molar-refractivity contribution in [2.75, 3.05) is 13.1 Å². The first-order chi connectivity index (χ1) is 16.5. The number of piperidine rings is 1. The zero-order chi connectivity index (χ0) is 23.1. The Morgan fingerprint density at radius 3 is 2.62 bits per heavy atom. The molecule has 2 N–H and O–H groups in total. The Balaban J connectivity index is 1.34. The molecule has 5 nitrogen and oxygen atoms in total. The lowest BCUT2D eigenvalue weighted by Gasteiger charge is -2.63. The molecule has 0 spiro atoms. The van der Waals surface area contributed by atoms with Gasteiger partial charge in [0.1, 0.15) is 5.75 Å². The van der Waals surface area contributed by atoms with Gasteiger partial charge in [-0.15, -0.1) is 0 Å². The molecule has 2 aromatic rings. The molecule has 1 unspecified atom stereocenters. The van der Waals surface area contributed by atoms with E-state index in [1.807, 2.05) is 12.1 Å². The number of fused-ring (bicyclic) bond motifs is 2. The van der Waals surface area contributed by atoms with Crippen LogP contribution in [0, 0.1) is 18.8 Å². The van der Waals surface area contributed by atoms with Gasteiger partial charge in [-0.1, -0.05) is 25.3 Å². The summed E-state index contributed by atoms with van der Waals surface area (Å²) in [5.41, 5.74) is 5.15. The first-order valence-corrected chi connectivity index (χ1v) is 13.8. The monoisotopic (exact) mass is 461 g/mol. The summed E-state index contributed by atoms with van der Waals surface area (Å²) in [6.07, 6.45) is 12.8. The Morgan fingerprint density at radius 1 is 1.03 bits per heavy atom. The molecule has 1 aromatic carbocycles. The number of benzene rings is 1. The van der Waals surface area contributed by atoms with Gasteiger partial charge in [0.05, 0.1) is 11.3 Å². The van der Waals surface area contributed by atoms with Gasteiger partial charge in [0.15, 0.2) is 0 Å². The van der Waals surface area contributed by atoms with Crippen LogP contribution in [0.4, 0.5) is 0 Å². The van der Waals surface area contributed by atoms with Crippen LogP contribution in [0.25, 0.3) is 0 Å². The van der Waals surface area contributed by atoms with Gasteiger partial charge >= 0.3 is 0 Å². The summed E-state index contributed by atoms with van der Waals surface area (Å²) in [6, 6.07) is 6.09. The average molecular weight is 462 g/mol. The van der Waals surface area contributed by atoms with Gasteiger partial charge < -0.3 is 10.2 Å². The summed E-state index contributed by atoms with van der Waals surface area (Å²) < 4.78 is 2.33. The summed E-state index contributed by atoms with van der Waals surface area (Å²) in [4.78, 5) is 2.62. The summed E-state index contributed by atoms with van der Waals surface area (Å²) in [5.74, 6) is 1.87. The van der Waals surface area contributed by atoms with Crippen molar-refractivity contribution in [1.29, 1.82) is 0 Å². The fraction of sp³-hybridized carbons (Fsp3) is 0.690. The molecule has 0 amide bonds. The second-order valence-corrected chi connectivity index (χ2v) is 12.3. The van der Waals surface area contributed by atoms with Crippen LogP contribution >= 0.6 is 0 Å². The third kappa shape index (κ3) is 3.08. The van der Waals surface area contributed by atoms with E-state index in [-0.39, 0.29) is 11.5 Å². The molecule has 5 aliphatic rings. The van der Waals surface area contributed by atoms with Crippen LogP contribution in [0.15, 0.2) is 18.2 Å². The van der Waals surface area contributed by atoms with Crippen molar-refractivity contribution < 1.29 is 10.2 Å². The molecule has 2 heterocycles. The lowest BCUT2D eigenvalue weighted by atomic mass is 9.49. The number of nitrogens with zero attached hydrogens (tertiary/aromatic N) is 3. The number of aryl methyl sites for hydroxylation is 1. The molecule has 3 fully saturated rings. The zero-order valence-corrected chi connectivity index (χ0v) is 20.6. The van der Waals surface area contributed by atoms with E-state index in [1.165, 1.54) is 67.3 Å². The highest BCUT2D eigenvalue weighted by Gasteiger charge is 2.65. The molecule has 1 saturated heterocycles. The predicted octanol–water partition coefficient (Wildman–Crippen LogP) is 4.29. The van der Waals surface area contributed by atoms with Crippen LogP contribution in [0.3, 0.4) is 0 Å². The minimum Gasteiger partial charge on any atom is -0.508 e. The number of likely N-dealkylation sites (tertiary alicyclic amines) is 1. The summed E-state index contributed by atoms with van der Waals surface area (Å²) >= 11 is 0. The highest BCUT2D eigenvalue weighted by Crippen LogP contribution is 2.58. The number of hydrogen-bond acceptors (Lipinski definition) is 4.